The summed E-state index contributed by atoms with van der Waals surface area (Å²) in [5, 5.41) is 3.14. The highest BCUT2D eigenvalue weighted by molar-refractivity contribution is 7.13. The molecule has 0 atom stereocenters. The molecule has 0 saturated carbocycles. The zero-order valence-electron chi connectivity index (χ0n) is 32.4. The predicted molar refractivity (Wildman–Crippen MR) is 216 cm³/mol. The van der Waals surface area contributed by atoms with Gasteiger partial charge in [0.15, 0.2) is 0 Å². The average Bonchev–Trinajstić information content (AvgIpc) is 3.29. The lowest BCUT2D eigenvalue weighted by Gasteiger charge is -2.30. The Labute approximate surface area is 294 Å². The van der Waals surface area contributed by atoms with E-state index in [9.17, 15) is 0 Å². The van der Waals surface area contributed by atoms with Crippen molar-refractivity contribution in [2.24, 2.45) is 0 Å². The summed E-state index contributed by atoms with van der Waals surface area (Å²) in [6, 6.07) is 39.4. The molecular formula is C47H60Si. The molecule has 1 aliphatic rings. The summed E-state index contributed by atoms with van der Waals surface area (Å²) in [6.07, 6.45) is 0. The zero-order chi connectivity index (χ0) is 35.4. The highest BCUT2D eigenvalue weighted by Gasteiger charge is 2.46. The van der Waals surface area contributed by atoms with Crippen LogP contribution in [0.1, 0.15) is 135 Å². The van der Waals surface area contributed by atoms with Gasteiger partial charge in [-0.3, -0.25) is 0 Å². The summed E-state index contributed by atoms with van der Waals surface area (Å²) in [4.78, 5) is 0. The molecular weight excluding hydrogens is 593 g/mol. The van der Waals surface area contributed by atoms with Crippen LogP contribution < -0.4 is 0 Å². The third-order valence-electron chi connectivity index (χ3n) is 10.7. The summed E-state index contributed by atoms with van der Waals surface area (Å²) in [5.41, 5.74) is 14.2. The number of rotatable bonds is 5. The molecule has 48 heavy (non-hydrogen) atoms. The van der Waals surface area contributed by atoms with E-state index >= 15 is 0 Å². The maximum atomic E-state index is 2.63. The number of benzene rings is 4. The quantitative estimate of drug-likeness (QED) is 0.188. The maximum Gasteiger partial charge on any atom is 0.118 e. The molecule has 0 nitrogen and oxygen atoms in total. The van der Waals surface area contributed by atoms with Gasteiger partial charge in [0.05, 0.1) is 0 Å². The summed E-state index contributed by atoms with van der Waals surface area (Å²) < 4.78 is 0. The molecule has 0 unspecified atom stereocenters. The molecule has 1 heteroatoms. The molecule has 0 aliphatic carbocycles. The van der Waals surface area contributed by atoms with E-state index in [0.29, 0.717) is 0 Å². The van der Waals surface area contributed by atoms with Crippen molar-refractivity contribution < 1.29 is 0 Å². The molecule has 0 amide bonds. The van der Waals surface area contributed by atoms with E-state index in [2.05, 4.69) is 194 Å². The van der Waals surface area contributed by atoms with Crippen LogP contribution in [0.4, 0.5) is 0 Å². The second-order valence-electron chi connectivity index (χ2n) is 18.5. The van der Waals surface area contributed by atoms with Crippen LogP contribution in [-0.4, -0.2) is 8.07 Å². The Morgan fingerprint density at radius 3 is 0.750 bits per heavy atom. The van der Waals surface area contributed by atoms with Crippen LogP contribution in [0.25, 0.3) is 21.5 Å². The lowest BCUT2D eigenvalue weighted by Crippen LogP contribution is -2.32. The minimum Gasteiger partial charge on any atom is -0.0672 e. The minimum atomic E-state index is -2.26. The summed E-state index contributed by atoms with van der Waals surface area (Å²) in [7, 11) is -2.26. The molecule has 0 aromatic heterocycles. The fourth-order valence-electron chi connectivity index (χ4n) is 7.33. The van der Waals surface area contributed by atoms with Crippen molar-refractivity contribution in [3.63, 3.8) is 0 Å². The van der Waals surface area contributed by atoms with Crippen molar-refractivity contribution in [2.45, 2.75) is 124 Å². The van der Waals surface area contributed by atoms with Gasteiger partial charge in [-0.1, -0.05) is 200 Å². The first-order chi connectivity index (χ1) is 22.2. The molecule has 4 aromatic rings. The molecule has 0 bridgehead atoms. The van der Waals surface area contributed by atoms with Crippen molar-refractivity contribution in [3.8, 4) is 0 Å². The molecule has 0 saturated heterocycles. The first-order valence-electron chi connectivity index (χ1n) is 18.1. The standard InChI is InChI=1S/C47H60Si/c1-15-48(14)42(34-20-28-38(29-21-34)46(8,9)10)40(32-16-24-36(25-17-32)44(2,3)4)41(33-18-26-37(27-19-33)45(5,6)7)43(48)35-22-30-39(31-23-35)47(11,12)13/h16-31H,15H2,1-14H3. The zero-order valence-corrected chi connectivity index (χ0v) is 33.4. The number of hydrogen-bond donors (Lipinski definition) is 0. The molecule has 0 N–H and O–H groups in total. The van der Waals surface area contributed by atoms with Gasteiger partial charge in [0, 0.05) is 0 Å². The normalized spacial score (nSPS) is 15.8. The molecule has 1 heterocycles. The number of hydrogen-bond acceptors (Lipinski definition) is 0. The first kappa shape index (κ1) is 35.9. The summed E-state index contributed by atoms with van der Waals surface area (Å²) in [6.45, 7) is 32.8. The average molecular weight is 653 g/mol. The summed E-state index contributed by atoms with van der Waals surface area (Å²) >= 11 is 0. The fourth-order valence-corrected chi connectivity index (χ4v) is 11.5. The fraction of sp³-hybridized carbons (Fsp3) is 0.404. The van der Waals surface area contributed by atoms with Gasteiger partial charge >= 0.3 is 0 Å². The van der Waals surface area contributed by atoms with Crippen LogP contribution in [-0.2, 0) is 21.7 Å². The Morgan fingerprint density at radius 1 is 0.354 bits per heavy atom. The Kier molecular flexibility index (Phi) is 9.32. The highest BCUT2D eigenvalue weighted by atomic mass is 28.3. The third kappa shape index (κ3) is 6.86. The van der Waals surface area contributed by atoms with Gasteiger partial charge in [-0.05, 0) is 87.7 Å². The predicted octanol–water partition coefficient (Wildman–Crippen LogP) is 13.6. The second kappa shape index (κ2) is 12.5. The molecule has 0 spiro atoms. The lowest BCUT2D eigenvalue weighted by molar-refractivity contribution is 0.590. The van der Waals surface area contributed by atoms with E-state index in [1.807, 2.05) is 0 Å². The summed E-state index contributed by atoms with van der Waals surface area (Å²) in [5.74, 6) is 0. The van der Waals surface area contributed by atoms with E-state index in [4.69, 9.17) is 0 Å². The van der Waals surface area contributed by atoms with Crippen molar-refractivity contribution in [1.29, 1.82) is 0 Å². The van der Waals surface area contributed by atoms with Crippen LogP contribution >= 0.6 is 0 Å². The smallest absolute Gasteiger partial charge is 0.0672 e. The lowest BCUT2D eigenvalue weighted by atomic mass is 9.82. The SMILES string of the molecule is CC[Si]1(C)C(c2ccc(C(C)(C)C)cc2)=C(c2ccc(C(C)(C)C)cc2)C(c2ccc(C(C)(C)C)cc2)=C1c1ccc(C(C)(C)C)cc1. The monoisotopic (exact) mass is 652 g/mol. The van der Waals surface area contributed by atoms with Crippen molar-refractivity contribution in [2.75, 3.05) is 0 Å². The largest absolute Gasteiger partial charge is 0.118 e. The number of allylic oxidation sites excluding steroid dienone is 2. The molecule has 4 aromatic carbocycles. The van der Waals surface area contributed by atoms with E-state index in [0.717, 1.165) is 6.04 Å². The Hall–Kier alpha value is -3.42. The first-order valence-corrected chi connectivity index (χ1v) is 20.8. The van der Waals surface area contributed by atoms with Gasteiger partial charge in [-0.2, -0.15) is 0 Å². The van der Waals surface area contributed by atoms with Gasteiger partial charge in [-0.25, -0.2) is 0 Å². The molecule has 5 rings (SSSR count). The molecule has 0 radical (unpaired) electrons. The molecule has 1 aliphatic heterocycles. The van der Waals surface area contributed by atoms with E-state index < -0.39 is 8.07 Å². The van der Waals surface area contributed by atoms with Crippen LogP contribution in [0.5, 0.6) is 0 Å². The second-order valence-corrected chi connectivity index (χ2v) is 22.9. The van der Waals surface area contributed by atoms with Crippen molar-refractivity contribution >= 4 is 29.6 Å². The van der Waals surface area contributed by atoms with Crippen LogP contribution in [0, 0.1) is 0 Å². The van der Waals surface area contributed by atoms with Gasteiger partial charge in [0.25, 0.3) is 0 Å². The maximum absolute atomic E-state index is 2.63. The Bertz CT molecular complexity index is 1680. The van der Waals surface area contributed by atoms with Crippen LogP contribution in [0.3, 0.4) is 0 Å². The molecule has 252 valence electrons. The third-order valence-corrected chi connectivity index (χ3v) is 15.4. The van der Waals surface area contributed by atoms with E-state index in [1.165, 1.54) is 55.7 Å². The van der Waals surface area contributed by atoms with E-state index in [-0.39, 0.29) is 21.7 Å². The van der Waals surface area contributed by atoms with Crippen molar-refractivity contribution in [1.82, 2.24) is 0 Å². The topological polar surface area (TPSA) is 0 Å². The Morgan fingerprint density at radius 2 is 0.562 bits per heavy atom. The van der Waals surface area contributed by atoms with Gasteiger partial charge in [-0.15, -0.1) is 0 Å². The Balaban J connectivity index is 1.89. The van der Waals surface area contributed by atoms with Gasteiger partial charge < -0.3 is 0 Å². The molecule has 0 fully saturated rings. The van der Waals surface area contributed by atoms with Gasteiger partial charge in [0.1, 0.15) is 8.07 Å². The van der Waals surface area contributed by atoms with Crippen LogP contribution in [0.15, 0.2) is 97.1 Å². The van der Waals surface area contributed by atoms with Crippen LogP contribution in [0.2, 0.25) is 12.6 Å². The van der Waals surface area contributed by atoms with Crippen molar-refractivity contribution in [3.05, 3.63) is 142 Å². The van der Waals surface area contributed by atoms with Gasteiger partial charge in [0.2, 0.25) is 0 Å². The highest BCUT2D eigenvalue weighted by Crippen LogP contribution is 2.57. The minimum absolute atomic E-state index is 0.0995. The van der Waals surface area contributed by atoms with E-state index in [1.54, 1.807) is 10.4 Å².